The van der Waals surface area contributed by atoms with Crippen molar-refractivity contribution >= 4 is 0 Å². The Morgan fingerprint density at radius 3 is 2.68 bits per heavy atom. The second-order valence-corrected chi connectivity index (χ2v) is 5.91. The van der Waals surface area contributed by atoms with E-state index in [0.29, 0.717) is 12.3 Å². The van der Waals surface area contributed by atoms with Gasteiger partial charge in [0.05, 0.1) is 11.7 Å². The Labute approximate surface area is 130 Å². The van der Waals surface area contributed by atoms with Crippen LogP contribution in [0.3, 0.4) is 0 Å². The van der Waals surface area contributed by atoms with Crippen LogP contribution in [0.4, 0.5) is 0 Å². The number of aliphatic hydroxyl groups excluding tert-OH is 2. The van der Waals surface area contributed by atoms with Crippen LogP contribution >= 0.6 is 0 Å². The van der Waals surface area contributed by atoms with Gasteiger partial charge >= 0.3 is 5.63 Å². The number of aliphatic hydroxyl groups is 2. The standard InChI is InChI=1S/C17H26O5/c1-11(8-12(2)6-7-18)4-5-14(19)9-15-10-16(20)13(3)17(21)22-15/h8,10,12,14,18-20H,4-7,9H2,1-3H3. The second kappa shape index (κ2) is 8.76. The molecule has 22 heavy (non-hydrogen) atoms. The molecule has 0 saturated carbocycles. The molecule has 0 radical (unpaired) electrons. The lowest BCUT2D eigenvalue weighted by atomic mass is 10.00. The number of hydrogen-bond donors (Lipinski definition) is 3. The van der Waals surface area contributed by atoms with Gasteiger partial charge in [0.15, 0.2) is 0 Å². The van der Waals surface area contributed by atoms with Gasteiger partial charge in [0.1, 0.15) is 11.5 Å². The van der Waals surface area contributed by atoms with Crippen LogP contribution in [0.15, 0.2) is 26.9 Å². The van der Waals surface area contributed by atoms with Crippen LogP contribution in [0.25, 0.3) is 0 Å². The van der Waals surface area contributed by atoms with Gasteiger partial charge in [0.2, 0.25) is 0 Å². The third kappa shape index (κ3) is 6.03. The van der Waals surface area contributed by atoms with Gasteiger partial charge in [-0.3, -0.25) is 0 Å². The summed E-state index contributed by atoms with van der Waals surface area (Å²) in [4.78, 5) is 11.5. The van der Waals surface area contributed by atoms with Gasteiger partial charge in [-0.25, -0.2) is 4.79 Å². The number of rotatable bonds is 8. The normalized spacial score (nSPS) is 14.9. The highest BCUT2D eigenvalue weighted by atomic mass is 16.4. The van der Waals surface area contributed by atoms with Gasteiger partial charge in [-0.1, -0.05) is 18.6 Å². The van der Waals surface area contributed by atoms with E-state index in [9.17, 15) is 15.0 Å². The number of aromatic hydroxyl groups is 1. The second-order valence-electron chi connectivity index (χ2n) is 5.91. The molecule has 2 atom stereocenters. The van der Waals surface area contributed by atoms with E-state index >= 15 is 0 Å². The molecule has 1 aromatic heterocycles. The molecule has 0 aliphatic rings. The minimum atomic E-state index is -0.637. The summed E-state index contributed by atoms with van der Waals surface area (Å²) in [6, 6.07) is 1.38. The Kier molecular flexibility index (Phi) is 7.35. The first kappa shape index (κ1) is 18.5. The molecule has 5 nitrogen and oxygen atoms in total. The van der Waals surface area contributed by atoms with E-state index in [1.165, 1.54) is 13.0 Å². The molecular formula is C17H26O5. The summed E-state index contributed by atoms with van der Waals surface area (Å²) in [5.41, 5.74) is 0.763. The van der Waals surface area contributed by atoms with Crippen LogP contribution in [0, 0.1) is 12.8 Å². The molecule has 0 aliphatic carbocycles. The first-order chi connectivity index (χ1) is 10.3. The number of hydrogen-bond acceptors (Lipinski definition) is 5. The topological polar surface area (TPSA) is 90.9 Å². The molecule has 0 spiro atoms. The van der Waals surface area contributed by atoms with Gasteiger partial charge in [-0.05, 0) is 39.0 Å². The summed E-state index contributed by atoms with van der Waals surface area (Å²) < 4.78 is 5.04. The maximum Gasteiger partial charge on any atom is 0.342 e. The highest BCUT2D eigenvalue weighted by Crippen LogP contribution is 2.17. The summed E-state index contributed by atoms with van der Waals surface area (Å²) in [5, 5.41) is 28.5. The van der Waals surface area contributed by atoms with Crippen LogP contribution < -0.4 is 5.63 Å². The van der Waals surface area contributed by atoms with Crippen molar-refractivity contribution in [2.45, 2.75) is 52.6 Å². The molecule has 3 N–H and O–H groups in total. The first-order valence-electron chi connectivity index (χ1n) is 7.62. The Hall–Kier alpha value is -1.59. The van der Waals surface area contributed by atoms with Gasteiger partial charge in [-0.15, -0.1) is 0 Å². The Balaban J connectivity index is 2.53. The highest BCUT2D eigenvalue weighted by molar-refractivity contribution is 5.28. The first-order valence-corrected chi connectivity index (χ1v) is 7.62. The molecule has 1 aromatic rings. The zero-order chi connectivity index (χ0) is 16.7. The SMILES string of the molecule is CC(=CC(C)CCO)CCC(O)Cc1cc(O)c(C)c(=O)o1. The van der Waals surface area contributed by atoms with Crippen molar-refractivity contribution in [1.82, 2.24) is 0 Å². The van der Waals surface area contributed by atoms with E-state index in [0.717, 1.165) is 18.4 Å². The fourth-order valence-corrected chi connectivity index (χ4v) is 2.28. The van der Waals surface area contributed by atoms with Crippen molar-refractivity contribution in [3.63, 3.8) is 0 Å². The fourth-order valence-electron chi connectivity index (χ4n) is 2.28. The van der Waals surface area contributed by atoms with Crippen LogP contribution in [0.1, 0.15) is 44.4 Å². The third-order valence-corrected chi connectivity index (χ3v) is 3.67. The highest BCUT2D eigenvalue weighted by Gasteiger charge is 2.12. The van der Waals surface area contributed by atoms with Crippen molar-refractivity contribution in [1.29, 1.82) is 0 Å². The van der Waals surface area contributed by atoms with E-state index in [1.807, 2.05) is 13.8 Å². The minimum absolute atomic E-state index is 0.104. The predicted molar refractivity (Wildman–Crippen MR) is 84.9 cm³/mol. The van der Waals surface area contributed by atoms with Crippen LogP contribution in [0.2, 0.25) is 0 Å². The Morgan fingerprint density at radius 2 is 2.09 bits per heavy atom. The molecule has 0 aliphatic heterocycles. The van der Waals surface area contributed by atoms with E-state index in [4.69, 9.17) is 9.52 Å². The molecule has 0 saturated heterocycles. The minimum Gasteiger partial charge on any atom is -0.507 e. The van der Waals surface area contributed by atoms with Gasteiger partial charge in [0, 0.05) is 19.1 Å². The monoisotopic (exact) mass is 310 g/mol. The zero-order valence-corrected chi connectivity index (χ0v) is 13.5. The molecule has 0 aromatic carbocycles. The molecule has 0 fully saturated rings. The quantitative estimate of drug-likeness (QED) is 0.641. The average molecular weight is 310 g/mol. The molecule has 0 amide bonds. The fraction of sp³-hybridized carbons (Fsp3) is 0.588. The van der Waals surface area contributed by atoms with Gasteiger partial charge in [0.25, 0.3) is 0 Å². The molecule has 2 unspecified atom stereocenters. The maximum absolute atomic E-state index is 11.5. The predicted octanol–water partition coefficient (Wildman–Crippen LogP) is 2.30. The zero-order valence-electron chi connectivity index (χ0n) is 13.5. The van der Waals surface area contributed by atoms with Crippen molar-refractivity contribution in [2.24, 2.45) is 5.92 Å². The number of allylic oxidation sites excluding steroid dienone is 2. The molecule has 1 heterocycles. The van der Waals surface area contributed by atoms with Crippen LogP contribution in [-0.4, -0.2) is 28.0 Å². The average Bonchev–Trinajstić information content (AvgIpc) is 2.42. The van der Waals surface area contributed by atoms with Gasteiger partial charge < -0.3 is 19.7 Å². The van der Waals surface area contributed by atoms with Crippen LogP contribution in [0.5, 0.6) is 5.75 Å². The smallest absolute Gasteiger partial charge is 0.342 e. The summed E-state index contributed by atoms with van der Waals surface area (Å²) in [6.07, 6.45) is 3.67. The van der Waals surface area contributed by atoms with E-state index in [1.54, 1.807) is 0 Å². The summed E-state index contributed by atoms with van der Waals surface area (Å²) >= 11 is 0. The molecular weight excluding hydrogens is 284 g/mol. The molecule has 1 rings (SSSR count). The summed E-state index contributed by atoms with van der Waals surface area (Å²) in [5.74, 6) is 0.498. The molecule has 0 bridgehead atoms. The molecule has 5 heteroatoms. The van der Waals surface area contributed by atoms with Crippen LogP contribution in [-0.2, 0) is 6.42 Å². The van der Waals surface area contributed by atoms with Gasteiger partial charge in [-0.2, -0.15) is 0 Å². The van der Waals surface area contributed by atoms with E-state index in [2.05, 4.69) is 6.08 Å². The Morgan fingerprint density at radius 1 is 1.41 bits per heavy atom. The summed E-state index contributed by atoms with van der Waals surface area (Å²) in [7, 11) is 0. The van der Waals surface area contributed by atoms with Crippen molar-refractivity contribution in [2.75, 3.05) is 6.61 Å². The maximum atomic E-state index is 11.5. The lowest BCUT2D eigenvalue weighted by Crippen LogP contribution is -2.13. The largest absolute Gasteiger partial charge is 0.507 e. The lowest BCUT2D eigenvalue weighted by Gasteiger charge is -2.12. The van der Waals surface area contributed by atoms with Crippen molar-refractivity contribution < 1.29 is 19.7 Å². The van der Waals surface area contributed by atoms with Crippen molar-refractivity contribution in [3.05, 3.63) is 39.5 Å². The third-order valence-electron chi connectivity index (χ3n) is 3.67. The molecule has 124 valence electrons. The van der Waals surface area contributed by atoms with E-state index < -0.39 is 11.7 Å². The van der Waals surface area contributed by atoms with E-state index in [-0.39, 0.29) is 30.1 Å². The van der Waals surface area contributed by atoms with Crippen molar-refractivity contribution in [3.8, 4) is 5.75 Å². The lowest BCUT2D eigenvalue weighted by molar-refractivity contribution is 0.156. The Bertz CT molecular complexity index is 559. The summed E-state index contributed by atoms with van der Waals surface area (Å²) in [6.45, 7) is 5.70.